The Kier molecular flexibility index (Phi) is 6.59. The molecule has 0 radical (unpaired) electrons. The normalized spacial score (nSPS) is 20.2. The fourth-order valence-corrected chi connectivity index (χ4v) is 5.72. The molecule has 0 aliphatic carbocycles. The second-order valence-corrected chi connectivity index (χ2v) is 9.40. The lowest BCUT2D eigenvalue weighted by Gasteiger charge is -2.37. The molecule has 1 aliphatic rings. The highest BCUT2D eigenvalue weighted by atomic mass is 32.2. The van der Waals surface area contributed by atoms with Gasteiger partial charge in [-0.3, -0.25) is 4.79 Å². The summed E-state index contributed by atoms with van der Waals surface area (Å²) in [5, 5.41) is 2.82. The second-order valence-electron chi connectivity index (χ2n) is 7.56. The Morgan fingerprint density at radius 1 is 1.03 bits per heavy atom. The fourth-order valence-electron chi connectivity index (χ4n) is 3.84. The van der Waals surface area contributed by atoms with Crippen molar-refractivity contribution in [2.75, 3.05) is 12.4 Å². The fraction of sp³-hybridized carbons (Fsp3) is 0.409. The van der Waals surface area contributed by atoms with E-state index >= 15 is 0 Å². The van der Waals surface area contributed by atoms with Gasteiger partial charge in [-0.1, -0.05) is 18.6 Å². The van der Waals surface area contributed by atoms with Crippen LogP contribution in [0.5, 0.6) is 5.75 Å². The first kappa shape index (κ1) is 21.3. The van der Waals surface area contributed by atoms with Gasteiger partial charge in [0.1, 0.15) is 5.75 Å². The molecule has 2 aromatic carbocycles. The Hall–Kier alpha value is -2.38. The van der Waals surface area contributed by atoms with E-state index in [0.717, 1.165) is 30.6 Å². The van der Waals surface area contributed by atoms with Crippen LogP contribution >= 0.6 is 0 Å². The molecule has 1 N–H and O–H groups in total. The number of benzene rings is 2. The first-order valence-corrected chi connectivity index (χ1v) is 11.3. The molecule has 3 rings (SSSR count). The summed E-state index contributed by atoms with van der Waals surface area (Å²) < 4.78 is 32.9. The maximum Gasteiger partial charge on any atom is 0.243 e. The monoisotopic (exact) mass is 416 g/mol. The van der Waals surface area contributed by atoms with E-state index in [-0.39, 0.29) is 29.3 Å². The number of nitrogens with zero attached hydrogens (tertiary/aromatic N) is 1. The molecule has 1 aliphatic heterocycles. The first-order valence-electron chi connectivity index (χ1n) is 9.87. The molecule has 0 aromatic heterocycles. The average molecular weight is 417 g/mol. The SMILES string of the molecule is COc1ccc(CC(=O)Nc2ccc(S(=O)(=O)N3[C@H](C)CCC[C@@H]3C)cc2)cc1. The van der Waals surface area contributed by atoms with Crippen LogP contribution in [-0.4, -0.2) is 37.8 Å². The Morgan fingerprint density at radius 3 is 2.17 bits per heavy atom. The maximum atomic E-state index is 13.1. The van der Waals surface area contributed by atoms with E-state index in [1.54, 1.807) is 35.7 Å². The van der Waals surface area contributed by atoms with Crippen LogP contribution in [0.2, 0.25) is 0 Å². The molecular weight excluding hydrogens is 388 g/mol. The van der Waals surface area contributed by atoms with Crippen LogP contribution in [0.25, 0.3) is 0 Å². The quantitative estimate of drug-likeness (QED) is 0.777. The zero-order chi connectivity index (χ0) is 21.0. The maximum absolute atomic E-state index is 13.1. The smallest absolute Gasteiger partial charge is 0.243 e. The molecule has 156 valence electrons. The lowest BCUT2D eigenvalue weighted by Crippen LogP contribution is -2.47. The van der Waals surface area contributed by atoms with Crippen molar-refractivity contribution in [2.24, 2.45) is 0 Å². The number of hydrogen-bond donors (Lipinski definition) is 1. The number of hydrogen-bond acceptors (Lipinski definition) is 4. The lowest BCUT2D eigenvalue weighted by molar-refractivity contribution is -0.115. The number of anilines is 1. The highest BCUT2D eigenvalue weighted by molar-refractivity contribution is 7.89. The average Bonchev–Trinajstić information content (AvgIpc) is 2.68. The minimum Gasteiger partial charge on any atom is -0.497 e. The third kappa shape index (κ3) is 4.97. The molecule has 1 amide bonds. The summed E-state index contributed by atoms with van der Waals surface area (Å²) in [5.74, 6) is 0.576. The zero-order valence-corrected chi connectivity index (χ0v) is 17.9. The Balaban J connectivity index is 1.66. The van der Waals surface area contributed by atoms with Crippen molar-refractivity contribution in [3.05, 3.63) is 54.1 Å². The number of amides is 1. The number of rotatable bonds is 6. The van der Waals surface area contributed by atoms with Gasteiger partial charge in [0.25, 0.3) is 0 Å². The van der Waals surface area contributed by atoms with Gasteiger partial charge in [0, 0.05) is 17.8 Å². The number of nitrogens with one attached hydrogen (secondary N) is 1. The van der Waals surface area contributed by atoms with Crippen LogP contribution in [0.15, 0.2) is 53.4 Å². The van der Waals surface area contributed by atoms with E-state index in [0.29, 0.717) is 5.69 Å². The molecule has 2 atom stereocenters. The summed E-state index contributed by atoms with van der Waals surface area (Å²) in [6, 6.07) is 13.7. The van der Waals surface area contributed by atoms with Crippen molar-refractivity contribution < 1.29 is 17.9 Å². The molecule has 2 aromatic rings. The van der Waals surface area contributed by atoms with Crippen molar-refractivity contribution >= 4 is 21.6 Å². The number of ether oxygens (including phenoxy) is 1. The van der Waals surface area contributed by atoms with E-state index in [9.17, 15) is 13.2 Å². The van der Waals surface area contributed by atoms with Crippen LogP contribution in [-0.2, 0) is 21.2 Å². The minimum absolute atomic E-state index is 0.00683. The van der Waals surface area contributed by atoms with Gasteiger partial charge in [-0.2, -0.15) is 4.31 Å². The molecular formula is C22H28N2O4S. The van der Waals surface area contributed by atoms with E-state index in [4.69, 9.17) is 4.74 Å². The third-order valence-electron chi connectivity index (χ3n) is 5.35. The third-order valence-corrected chi connectivity index (χ3v) is 7.49. The highest BCUT2D eigenvalue weighted by Gasteiger charge is 2.35. The van der Waals surface area contributed by atoms with Gasteiger partial charge in [0.15, 0.2) is 0 Å². The molecule has 0 bridgehead atoms. The van der Waals surface area contributed by atoms with Gasteiger partial charge in [0.2, 0.25) is 15.9 Å². The predicted octanol–water partition coefficient (Wildman–Crippen LogP) is 3.83. The van der Waals surface area contributed by atoms with Crippen LogP contribution in [0, 0.1) is 0 Å². The highest BCUT2D eigenvalue weighted by Crippen LogP contribution is 2.30. The standard InChI is InChI=1S/C22H28N2O4S/c1-16-5-4-6-17(2)24(16)29(26,27)21-13-9-19(10-14-21)23-22(25)15-18-7-11-20(28-3)12-8-18/h7-14,16-17H,4-6,15H2,1-3H3,(H,23,25)/t16-,17+. The van der Waals surface area contributed by atoms with Crippen molar-refractivity contribution in [3.8, 4) is 5.75 Å². The van der Waals surface area contributed by atoms with E-state index in [1.807, 2.05) is 38.1 Å². The number of sulfonamides is 1. The number of piperidine rings is 1. The Morgan fingerprint density at radius 2 is 1.62 bits per heavy atom. The number of carbonyl (C=O) groups excluding carboxylic acids is 1. The van der Waals surface area contributed by atoms with E-state index < -0.39 is 10.0 Å². The minimum atomic E-state index is -3.55. The summed E-state index contributed by atoms with van der Waals surface area (Å²) in [5.41, 5.74) is 1.44. The summed E-state index contributed by atoms with van der Waals surface area (Å²) in [6.45, 7) is 3.92. The van der Waals surface area contributed by atoms with Gasteiger partial charge in [-0.05, 0) is 68.7 Å². The zero-order valence-electron chi connectivity index (χ0n) is 17.1. The molecule has 7 heteroatoms. The summed E-state index contributed by atoms with van der Waals surface area (Å²) in [6.07, 6.45) is 3.03. The summed E-state index contributed by atoms with van der Waals surface area (Å²) in [4.78, 5) is 12.5. The summed E-state index contributed by atoms with van der Waals surface area (Å²) >= 11 is 0. The van der Waals surface area contributed by atoms with Gasteiger partial charge in [0.05, 0.1) is 18.4 Å². The summed E-state index contributed by atoms with van der Waals surface area (Å²) in [7, 11) is -1.96. The molecule has 1 saturated heterocycles. The van der Waals surface area contributed by atoms with Crippen molar-refractivity contribution in [1.82, 2.24) is 4.31 Å². The van der Waals surface area contributed by atoms with Crippen LogP contribution in [0.1, 0.15) is 38.7 Å². The molecule has 1 fully saturated rings. The van der Waals surface area contributed by atoms with Crippen LogP contribution in [0.3, 0.4) is 0 Å². The van der Waals surface area contributed by atoms with E-state index in [1.165, 1.54) is 0 Å². The van der Waals surface area contributed by atoms with Gasteiger partial charge in [-0.15, -0.1) is 0 Å². The molecule has 0 unspecified atom stereocenters. The van der Waals surface area contributed by atoms with Crippen molar-refractivity contribution in [2.45, 2.75) is 56.5 Å². The molecule has 6 nitrogen and oxygen atoms in total. The number of methoxy groups -OCH3 is 1. The van der Waals surface area contributed by atoms with E-state index in [2.05, 4.69) is 5.32 Å². The molecule has 0 saturated carbocycles. The lowest BCUT2D eigenvalue weighted by atomic mass is 10.0. The molecule has 0 spiro atoms. The van der Waals surface area contributed by atoms with Crippen molar-refractivity contribution in [3.63, 3.8) is 0 Å². The predicted molar refractivity (Wildman–Crippen MR) is 114 cm³/mol. The second kappa shape index (κ2) is 8.97. The Labute approximate surface area is 172 Å². The van der Waals surface area contributed by atoms with Gasteiger partial charge >= 0.3 is 0 Å². The first-order chi connectivity index (χ1) is 13.8. The van der Waals surface area contributed by atoms with Crippen molar-refractivity contribution in [1.29, 1.82) is 0 Å². The Bertz CT molecular complexity index is 930. The largest absolute Gasteiger partial charge is 0.497 e. The number of carbonyl (C=O) groups is 1. The topological polar surface area (TPSA) is 75.7 Å². The molecule has 29 heavy (non-hydrogen) atoms. The van der Waals surface area contributed by atoms with Crippen LogP contribution < -0.4 is 10.1 Å². The van der Waals surface area contributed by atoms with Crippen LogP contribution in [0.4, 0.5) is 5.69 Å². The van der Waals surface area contributed by atoms with Gasteiger partial charge in [-0.25, -0.2) is 8.42 Å². The molecule has 1 heterocycles. The van der Waals surface area contributed by atoms with Gasteiger partial charge < -0.3 is 10.1 Å².